The highest BCUT2D eigenvalue weighted by Gasteiger charge is 2.15. The van der Waals surface area contributed by atoms with E-state index in [1.54, 1.807) is 0 Å². The van der Waals surface area contributed by atoms with Gasteiger partial charge in [-0.25, -0.2) is 4.98 Å². The Morgan fingerprint density at radius 2 is 2.00 bits per heavy atom. The molecule has 2 aromatic rings. The maximum absolute atomic E-state index is 12.2. The molecule has 0 radical (unpaired) electrons. The van der Waals surface area contributed by atoms with Gasteiger partial charge in [0.25, 0.3) is 5.91 Å². The van der Waals surface area contributed by atoms with E-state index in [0.29, 0.717) is 5.56 Å². The Hall–Kier alpha value is -2.04. The van der Waals surface area contributed by atoms with Gasteiger partial charge in [0.05, 0.1) is 11.3 Å². The summed E-state index contributed by atoms with van der Waals surface area (Å²) in [6.45, 7) is 10.9. The van der Waals surface area contributed by atoms with Gasteiger partial charge in [0.15, 0.2) is 0 Å². The third kappa shape index (κ3) is 3.24. The van der Waals surface area contributed by atoms with Gasteiger partial charge < -0.3 is 10.2 Å². The molecule has 0 aliphatic rings. The molecule has 5 heteroatoms. The van der Waals surface area contributed by atoms with Crippen LogP contribution in [-0.2, 0) is 0 Å². The maximum atomic E-state index is 12.2. The second-order valence-electron chi connectivity index (χ2n) is 5.45. The Labute approximate surface area is 132 Å². The number of pyridine rings is 1. The molecule has 120 valence electrons. The fraction of sp³-hybridized carbons (Fsp3) is 0.529. The van der Waals surface area contributed by atoms with Crippen LogP contribution in [0.5, 0.6) is 0 Å². The first kappa shape index (κ1) is 16.3. The van der Waals surface area contributed by atoms with Gasteiger partial charge in [0, 0.05) is 25.8 Å². The summed E-state index contributed by atoms with van der Waals surface area (Å²) in [5.41, 5.74) is 2.55. The van der Waals surface area contributed by atoms with E-state index in [1.165, 1.54) is 0 Å². The molecule has 1 amide bonds. The number of aryl methyl sites for hydroxylation is 1. The third-order valence-corrected chi connectivity index (χ3v) is 3.90. The lowest BCUT2D eigenvalue weighted by atomic mass is 10.2. The van der Waals surface area contributed by atoms with Gasteiger partial charge in [-0.2, -0.15) is 0 Å². The van der Waals surface area contributed by atoms with E-state index in [9.17, 15) is 4.79 Å². The summed E-state index contributed by atoms with van der Waals surface area (Å²) >= 11 is 0. The largest absolute Gasteiger partial charge is 0.357 e. The summed E-state index contributed by atoms with van der Waals surface area (Å²) < 4.78 is 2.02. The zero-order chi connectivity index (χ0) is 16.1. The van der Waals surface area contributed by atoms with Crippen molar-refractivity contribution in [2.45, 2.75) is 40.5 Å². The molecule has 0 saturated carbocycles. The molecule has 1 N–H and O–H groups in total. The standard InChI is InChI=1S/C17H26N4O/c1-5-8-11-18-16(22)14-9-10-15-19-13(4)17(21(15)12-14)20(6-2)7-3/h9-10,12H,5-8,11H2,1-4H3,(H,18,22). The average Bonchev–Trinajstić information content (AvgIpc) is 2.84. The van der Waals surface area contributed by atoms with E-state index in [4.69, 9.17) is 0 Å². The summed E-state index contributed by atoms with van der Waals surface area (Å²) in [6.07, 6.45) is 3.97. The highest BCUT2D eigenvalue weighted by Crippen LogP contribution is 2.22. The summed E-state index contributed by atoms with van der Waals surface area (Å²) in [5.74, 6) is 1.05. The zero-order valence-electron chi connectivity index (χ0n) is 14.0. The van der Waals surface area contributed by atoms with Crippen LogP contribution >= 0.6 is 0 Å². The predicted octanol–water partition coefficient (Wildman–Crippen LogP) is 3.02. The van der Waals surface area contributed by atoms with Crippen LogP contribution in [0.1, 0.15) is 49.7 Å². The number of hydrogen-bond donors (Lipinski definition) is 1. The number of hydrogen-bond acceptors (Lipinski definition) is 3. The molecular formula is C17H26N4O. The number of nitrogens with zero attached hydrogens (tertiary/aromatic N) is 3. The van der Waals surface area contributed by atoms with Crippen molar-refractivity contribution < 1.29 is 4.79 Å². The van der Waals surface area contributed by atoms with Gasteiger partial charge in [0.2, 0.25) is 0 Å². The molecule has 22 heavy (non-hydrogen) atoms. The Kier molecular flexibility index (Phi) is 5.41. The van der Waals surface area contributed by atoms with E-state index in [1.807, 2.05) is 29.7 Å². The van der Waals surface area contributed by atoms with Crippen LogP contribution in [-0.4, -0.2) is 34.9 Å². The van der Waals surface area contributed by atoms with E-state index in [0.717, 1.165) is 49.6 Å². The second-order valence-corrected chi connectivity index (χ2v) is 5.45. The number of amides is 1. The van der Waals surface area contributed by atoms with Crippen molar-refractivity contribution in [3.8, 4) is 0 Å². The normalized spacial score (nSPS) is 10.9. The van der Waals surface area contributed by atoms with Crippen molar-refractivity contribution in [3.63, 3.8) is 0 Å². The van der Waals surface area contributed by atoms with Crippen molar-refractivity contribution in [3.05, 3.63) is 29.6 Å². The first-order valence-electron chi connectivity index (χ1n) is 8.14. The fourth-order valence-corrected chi connectivity index (χ4v) is 2.67. The summed E-state index contributed by atoms with van der Waals surface area (Å²) in [7, 11) is 0. The van der Waals surface area contributed by atoms with E-state index >= 15 is 0 Å². The fourth-order valence-electron chi connectivity index (χ4n) is 2.67. The van der Waals surface area contributed by atoms with Crippen molar-refractivity contribution in [2.75, 3.05) is 24.5 Å². The smallest absolute Gasteiger partial charge is 0.252 e. The lowest BCUT2D eigenvalue weighted by Crippen LogP contribution is -2.26. The van der Waals surface area contributed by atoms with Gasteiger partial charge in [-0.3, -0.25) is 9.20 Å². The summed E-state index contributed by atoms with van der Waals surface area (Å²) in [6, 6.07) is 3.75. The van der Waals surface area contributed by atoms with Gasteiger partial charge in [-0.1, -0.05) is 13.3 Å². The number of anilines is 1. The maximum Gasteiger partial charge on any atom is 0.252 e. The van der Waals surface area contributed by atoms with Crippen LogP contribution in [0.4, 0.5) is 5.82 Å². The molecule has 0 unspecified atom stereocenters. The molecule has 0 fully saturated rings. The van der Waals surface area contributed by atoms with E-state index in [-0.39, 0.29) is 5.91 Å². The Balaban J connectivity index is 2.36. The lowest BCUT2D eigenvalue weighted by Gasteiger charge is -2.21. The van der Waals surface area contributed by atoms with Crippen molar-refractivity contribution >= 4 is 17.4 Å². The topological polar surface area (TPSA) is 49.6 Å². The van der Waals surface area contributed by atoms with Crippen molar-refractivity contribution in [1.29, 1.82) is 0 Å². The number of unbranched alkanes of at least 4 members (excludes halogenated alkanes) is 1. The van der Waals surface area contributed by atoms with Gasteiger partial charge in [-0.15, -0.1) is 0 Å². The SMILES string of the molecule is CCCCNC(=O)c1ccc2nc(C)c(N(CC)CC)n2c1. The van der Waals surface area contributed by atoms with E-state index in [2.05, 4.69) is 36.0 Å². The molecule has 0 aromatic carbocycles. The third-order valence-electron chi connectivity index (χ3n) is 3.90. The van der Waals surface area contributed by atoms with Crippen molar-refractivity contribution in [1.82, 2.24) is 14.7 Å². The van der Waals surface area contributed by atoms with Crippen molar-refractivity contribution in [2.24, 2.45) is 0 Å². The van der Waals surface area contributed by atoms with Crippen LogP contribution in [0.25, 0.3) is 5.65 Å². The summed E-state index contributed by atoms with van der Waals surface area (Å²) in [4.78, 5) is 19.1. The molecule has 0 spiro atoms. The number of carbonyl (C=O) groups is 1. The number of carbonyl (C=O) groups excluding carboxylic acids is 1. The number of aromatic nitrogens is 2. The molecule has 5 nitrogen and oxygen atoms in total. The molecule has 0 saturated heterocycles. The number of imidazole rings is 1. The zero-order valence-corrected chi connectivity index (χ0v) is 14.0. The average molecular weight is 302 g/mol. The monoisotopic (exact) mass is 302 g/mol. The molecule has 2 rings (SSSR count). The lowest BCUT2D eigenvalue weighted by molar-refractivity contribution is 0.0952. The first-order valence-corrected chi connectivity index (χ1v) is 8.14. The highest BCUT2D eigenvalue weighted by molar-refractivity contribution is 5.94. The minimum absolute atomic E-state index is 0.0211. The number of rotatable bonds is 7. The minimum atomic E-state index is -0.0211. The number of nitrogens with one attached hydrogen (secondary N) is 1. The van der Waals surface area contributed by atoms with Crippen LogP contribution in [0.15, 0.2) is 18.3 Å². The second kappa shape index (κ2) is 7.29. The Morgan fingerprint density at radius 3 is 2.64 bits per heavy atom. The Morgan fingerprint density at radius 1 is 1.27 bits per heavy atom. The quantitative estimate of drug-likeness (QED) is 0.800. The van der Waals surface area contributed by atoms with Gasteiger partial charge in [0.1, 0.15) is 11.5 Å². The Bertz CT molecular complexity index is 643. The van der Waals surface area contributed by atoms with Crippen LogP contribution in [0, 0.1) is 6.92 Å². The molecule has 0 atom stereocenters. The molecule has 0 aliphatic carbocycles. The molecule has 0 bridgehead atoms. The van der Waals surface area contributed by atoms with Crippen LogP contribution in [0.3, 0.4) is 0 Å². The molecule has 2 aromatic heterocycles. The molecule has 2 heterocycles. The van der Waals surface area contributed by atoms with Gasteiger partial charge in [-0.05, 0) is 39.3 Å². The van der Waals surface area contributed by atoms with Crippen LogP contribution < -0.4 is 10.2 Å². The van der Waals surface area contributed by atoms with Gasteiger partial charge >= 0.3 is 0 Å². The minimum Gasteiger partial charge on any atom is -0.357 e. The highest BCUT2D eigenvalue weighted by atomic mass is 16.1. The predicted molar refractivity (Wildman–Crippen MR) is 90.7 cm³/mol. The number of fused-ring (bicyclic) bond motifs is 1. The molecule has 0 aliphatic heterocycles. The van der Waals surface area contributed by atoms with Crippen LogP contribution in [0.2, 0.25) is 0 Å². The molecular weight excluding hydrogens is 276 g/mol. The van der Waals surface area contributed by atoms with E-state index < -0.39 is 0 Å². The summed E-state index contributed by atoms with van der Waals surface area (Å²) in [5, 5.41) is 2.96. The first-order chi connectivity index (χ1) is 10.6.